The van der Waals surface area contributed by atoms with Gasteiger partial charge in [0, 0.05) is 12.2 Å². The van der Waals surface area contributed by atoms with Gasteiger partial charge in [-0.25, -0.2) is 4.79 Å². The van der Waals surface area contributed by atoms with E-state index in [0.29, 0.717) is 13.2 Å². The summed E-state index contributed by atoms with van der Waals surface area (Å²) in [5.74, 6) is 0.801. The maximum atomic E-state index is 13.2. The summed E-state index contributed by atoms with van der Waals surface area (Å²) in [5, 5.41) is 3.05. The van der Waals surface area contributed by atoms with Gasteiger partial charge in [-0.2, -0.15) is 0 Å². The van der Waals surface area contributed by atoms with Crippen LogP contribution >= 0.6 is 0 Å². The number of nitrogens with one attached hydrogen (secondary N) is 1. The Labute approximate surface area is 172 Å². The van der Waals surface area contributed by atoms with Crippen LogP contribution < -0.4 is 10.1 Å². The SMILES string of the molecule is CCOc1ccc(NC(=O)N2CCc3ccccc3C2c2ccc(C)cc2)cc1. The summed E-state index contributed by atoms with van der Waals surface area (Å²) in [6, 6.07) is 24.2. The maximum absolute atomic E-state index is 13.2. The number of hydrogen-bond donors (Lipinski definition) is 1. The molecule has 29 heavy (non-hydrogen) atoms. The van der Waals surface area contributed by atoms with E-state index in [1.807, 2.05) is 42.2 Å². The zero-order valence-electron chi connectivity index (χ0n) is 16.9. The van der Waals surface area contributed by atoms with Crippen LogP contribution in [-0.2, 0) is 6.42 Å². The number of hydrogen-bond acceptors (Lipinski definition) is 2. The molecule has 148 valence electrons. The first kappa shape index (κ1) is 19.1. The number of aryl methyl sites for hydroxylation is 1. The van der Waals surface area contributed by atoms with Crippen molar-refractivity contribution in [3.63, 3.8) is 0 Å². The lowest BCUT2D eigenvalue weighted by Gasteiger charge is -2.37. The Morgan fingerprint density at radius 2 is 1.76 bits per heavy atom. The lowest BCUT2D eigenvalue weighted by molar-refractivity contribution is 0.194. The Hall–Kier alpha value is -3.27. The summed E-state index contributed by atoms with van der Waals surface area (Å²) < 4.78 is 5.48. The molecule has 0 aromatic heterocycles. The zero-order valence-corrected chi connectivity index (χ0v) is 16.9. The highest BCUT2D eigenvalue weighted by Crippen LogP contribution is 2.35. The largest absolute Gasteiger partial charge is 0.494 e. The second kappa shape index (κ2) is 8.39. The third-order valence-electron chi connectivity index (χ3n) is 5.35. The molecule has 0 aliphatic carbocycles. The van der Waals surface area contributed by atoms with Crippen LogP contribution in [0.5, 0.6) is 5.75 Å². The minimum atomic E-state index is -0.0942. The first-order valence-electron chi connectivity index (χ1n) is 10.1. The molecule has 4 heteroatoms. The van der Waals surface area contributed by atoms with E-state index in [1.54, 1.807) is 0 Å². The first-order valence-corrected chi connectivity index (χ1v) is 10.1. The molecule has 1 atom stereocenters. The summed E-state index contributed by atoms with van der Waals surface area (Å²) >= 11 is 0. The highest BCUT2D eigenvalue weighted by molar-refractivity contribution is 5.90. The van der Waals surface area contributed by atoms with Gasteiger partial charge in [0.05, 0.1) is 12.6 Å². The van der Waals surface area contributed by atoms with Crippen LogP contribution in [0.2, 0.25) is 0 Å². The fraction of sp³-hybridized carbons (Fsp3) is 0.240. The Balaban J connectivity index is 1.62. The minimum Gasteiger partial charge on any atom is -0.494 e. The van der Waals surface area contributed by atoms with Gasteiger partial charge in [-0.05, 0) is 61.2 Å². The molecule has 0 fully saturated rings. The molecular weight excluding hydrogens is 360 g/mol. The van der Waals surface area contributed by atoms with Crippen molar-refractivity contribution < 1.29 is 9.53 Å². The van der Waals surface area contributed by atoms with Crippen molar-refractivity contribution in [1.29, 1.82) is 0 Å². The van der Waals surface area contributed by atoms with Gasteiger partial charge in [0.15, 0.2) is 0 Å². The van der Waals surface area contributed by atoms with Crippen molar-refractivity contribution in [1.82, 2.24) is 4.90 Å². The highest BCUT2D eigenvalue weighted by Gasteiger charge is 2.31. The summed E-state index contributed by atoms with van der Waals surface area (Å²) in [6.45, 7) is 5.33. The van der Waals surface area contributed by atoms with E-state index >= 15 is 0 Å². The maximum Gasteiger partial charge on any atom is 0.322 e. The van der Waals surface area contributed by atoms with Gasteiger partial charge in [-0.1, -0.05) is 54.1 Å². The molecular formula is C25H26N2O2. The Morgan fingerprint density at radius 3 is 2.48 bits per heavy atom. The summed E-state index contributed by atoms with van der Waals surface area (Å²) in [7, 11) is 0. The molecule has 1 aliphatic heterocycles. The summed E-state index contributed by atoms with van der Waals surface area (Å²) in [6.07, 6.45) is 0.856. The number of carbonyl (C=O) groups is 1. The van der Waals surface area contributed by atoms with Crippen molar-refractivity contribution in [3.05, 3.63) is 95.1 Å². The fourth-order valence-corrected chi connectivity index (χ4v) is 3.89. The number of anilines is 1. The van der Waals surface area contributed by atoms with Crippen molar-refractivity contribution in [2.45, 2.75) is 26.3 Å². The van der Waals surface area contributed by atoms with E-state index in [0.717, 1.165) is 23.4 Å². The van der Waals surface area contributed by atoms with Crippen LogP contribution in [-0.4, -0.2) is 24.1 Å². The quantitative estimate of drug-likeness (QED) is 0.636. The lowest BCUT2D eigenvalue weighted by atomic mass is 9.88. The summed E-state index contributed by atoms with van der Waals surface area (Å²) in [4.78, 5) is 15.2. The molecule has 1 unspecified atom stereocenters. The molecule has 0 radical (unpaired) electrons. The van der Waals surface area contributed by atoms with Crippen molar-refractivity contribution in [2.75, 3.05) is 18.5 Å². The Kier molecular flexibility index (Phi) is 5.52. The third-order valence-corrected chi connectivity index (χ3v) is 5.35. The van der Waals surface area contributed by atoms with Crippen molar-refractivity contribution >= 4 is 11.7 Å². The fourth-order valence-electron chi connectivity index (χ4n) is 3.89. The number of nitrogens with zero attached hydrogens (tertiary/aromatic N) is 1. The molecule has 1 heterocycles. The standard InChI is InChI=1S/C25H26N2O2/c1-3-29-22-14-12-21(13-15-22)26-25(28)27-17-16-19-6-4-5-7-23(19)24(27)20-10-8-18(2)9-11-20/h4-15,24H,3,16-17H2,1-2H3,(H,26,28). The molecule has 3 aromatic carbocycles. The average molecular weight is 386 g/mol. The molecule has 3 aromatic rings. The first-order chi connectivity index (χ1) is 14.2. The monoisotopic (exact) mass is 386 g/mol. The van der Waals surface area contributed by atoms with Gasteiger partial charge in [0.2, 0.25) is 0 Å². The summed E-state index contributed by atoms with van der Waals surface area (Å²) in [5.41, 5.74) is 5.61. The normalized spacial score (nSPS) is 15.5. The van der Waals surface area contributed by atoms with Crippen LogP contribution in [0.15, 0.2) is 72.8 Å². The minimum absolute atomic E-state index is 0.0887. The van der Waals surface area contributed by atoms with Gasteiger partial charge >= 0.3 is 6.03 Å². The smallest absolute Gasteiger partial charge is 0.322 e. The van der Waals surface area contributed by atoms with Gasteiger partial charge in [-0.3, -0.25) is 0 Å². The van der Waals surface area contributed by atoms with Crippen LogP contribution in [0.3, 0.4) is 0 Å². The number of fused-ring (bicyclic) bond motifs is 1. The zero-order chi connectivity index (χ0) is 20.2. The second-order valence-electron chi connectivity index (χ2n) is 7.34. The molecule has 1 aliphatic rings. The molecule has 1 N–H and O–H groups in total. The third kappa shape index (κ3) is 4.11. The van der Waals surface area contributed by atoms with E-state index in [4.69, 9.17) is 4.74 Å². The van der Waals surface area contributed by atoms with E-state index < -0.39 is 0 Å². The van der Waals surface area contributed by atoms with Crippen molar-refractivity contribution in [2.24, 2.45) is 0 Å². The van der Waals surface area contributed by atoms with Crippen molar-refractivity contribution in [3.8, 4) is 5.75 Å². The highest BCUT2D eigenvalue weighted by atomic mass is 16.5. The van der Waals surface area contributed by atoms with Crippen LogP contribution in [0.25, 0.3) is 0 Å². The van der Waals surface area contributed by atoms with Crippen LogP contribution in [0, 0.1) is 6.92 Å². The van der Waals surface area contributed by atoms with E-state index in [9.17, 15) is 4.79 Å². The van der Waals surface area contributed by atoms with Crippen LogP contribution in [0.1, 0.15) is 35.2 Å². The lowest BCUT2D eigenvalue weighted by Crippen LogP contribution is -2.43. The van der Waals surface area contributed by atoms with Gasteiger partial charge in [-0.15, -0.1) is 0 Å². The average Bonchev–Trinajstić information content (AvgIpc) is 2.75. The predicted octanol–water partition coefficient (Wildman–Crippen LogP) is 5.57. The molecule has 0 bridgehead atoms. The number of ether oxygens (including phenoxy) is 1. The molecule has 4 rings (SSSR count). The molecule has 0 saturated carbocycles. The topological polar surface area (TPSA) is 41.6 Å². The number of urea groups is 1. The molecule has 0 spiro atoms. The molecule has 2 amide bonds. The van der Waals surface area contributed by atoms with Gasteiger partial charge in [0.1, 0.15) is 5.75 Å². The number of amides is 2. The van der Waals surface area contributed by atoms with E-state index in [2.05, 4.69) is 54.7 Å². The number of rotatable bonds is 4. The number of carbonyl (C=O) groups excluding carboxylic acids is 1. The van der Waals surface area contributed by atoms with E-state index in [-0.39, 0.29) is 12.1 Å². The van der Waals surface area contributed by atoms with E-state index in [1.165, 1.54) is 16.7 Å². The van der Waals surface area contributed by atoms with Crippen LogP contribution in [0.4, 0.5) is 10.5 Å². The molecule has 0 saturated heterocycles. The van der Waals surface area contributed by atoms with Gasteiger partial charge in [0.25, 0.3) is 0 Å². The Bertz CT molecular complexity index is 980. The second-order valence-corrected chi connectivity index (χ2v) is 7.34. The predicted molar refractivity (Wildman–Crippen MR) is 117 cm³/mol. The van der Waals surface area contributed by atoms with Gasteiger partial charge < -0.3 is 15.0 Å². The Morgan fingerprint density at radius 1 is 1.03 bits per heavy atom. The number of benzene rings is 3. The molecule has 4 nitrogen and oxygen atoms in total.